The number of carbonyl (C=O) groups is 1. The summed E-state index contributed by atoms with van der Waals surface area (Å²) in [5, 5.41) is 30.9. The van der Waals surface area contributed by atoms with Crippen LogP contribution in [0.2, 0.25) is 4.34 Å². The number of amides is 1. The van der Waals surface area contributed by atoms with E-state index in [1.807, 2.05) is 31.2 Å². The first-order valence-corrected chi connectivity index (χ1v) is 11.4. The number of thiophene rings is 1. The van der Waals surface area contributed by atoms with Crippen molar-refractivity contribution in [3.05, 3.63) is 45.1 Å². The number of aryl methyl sites for hydroxylation is 2. The van der Waals surface area contributed by atoms with Gasteiger partial charge in [0.1, 0.15) is 0 Å². The number of halogens is 1. The molecule has 5 atom stereocenters. The van der Waals surface area contributed by atoms with Crippen LogP contribution >= 0.6 is 22.9 Å². The molecule has 1 heterocycles. The number of hydrogen-bond acceptors (Lipinski definition) is 5. The van der Waals surface area contributed by atoms with Gasteiger partial charge >= 0.3 is 0 Å². The first-order chi connectivity index (χ1) is 13.8. The number of unbranched alkanes of at least 4 members (excludes halogenated alkanes) is 1. The van der Waals surface area contributed by atoms with E-state index in [0.29, 0.717) is 38.5 Å². The summed E-state index contributed by atoms with van der Waals surface area (Å²) in [7, 11) is 0. The van der Waals surface area contributed by atoms with Gasteiger partial charge in [-0.25, -0.2) is 0 Å². The van der Waals surface area contributed by atoms with E-state index >= 15 is 0 Å². The average molecular weight is 442 g/mol. The molecule has 0 saturated heterocycles. The molecule has 162 valence electrons. The molecule has 1 saturated carbocycles. The Bertz CT molecular complexity index is 718. The number of aliphatic hydroxyl groups excluding tert-OH is 3. The Labute approximate surface area is 181 Å². The Morgan fingerprint density at radius 1 is 1.38 bits per heavy atom. The highest BCUT2D eigenvalue weighted by atomic mass is 35.5. The lowest BCUT2D eigenvalue weighted by molar-refractivity contribution is -0.118. The average Bonchev–Trinajstić information content (AvgIpc) is 3.11. The molecule has 1 aliphatic rings. The normalized spacial score (nSPS) is 26.0. The molecule has 1 fully saturated rings. The van der Waals surface area contributed by atoms with Crippen molar-refractivity contribution >= 4 is 28.8 Å². The summed E-state index contributed by atoms with van der Waals surface area (Å²) in [5.41, 5.74) is 6.17. The predicted molar refractivity (Wildman–Crippen MR) is 118 cm³/mol. The third-order valence-corrected chi connectivity index (χ3v) is 6.79. The van der Waals surface area contributed by atoms with Crippen LogP contribution in [0.1, 0.15) is 49.0 Å². The van der Waals surface area contributed by atoms with Gasteiger partial charge in [0, 0.05) is 23.6 Å². The topological polar surface area (TPSA) is 104 Å². The fraction of sp³-hybridized carbons (Fsp3) is 0.591. The smallest absolute Gasteiger partial charge is 0.217 e. The van der Waals surface area contributed by atoms with Crippen LogP contribution < -0.4 is 5.73 Å². The molecule has 0 aliphatic heterocycles. The Kier molecular flexibility index (Phi) is 9.86. The highest BCUT2D eigenvalue weighted by Crippen LogP contribution is 2.36. The minimum atomic E-state index is -0.624. The lowest BCUT2D eigenvalue weighted by Crippen LogP contribution is -2.20. The number of aliphatic hydroxyl groups is 3. The number of carbonyl (C=O) groups excluding carboxylic acids is 1. The molecule has 1 aromatic heterocycles. The Morgan fingerprint density at radius 3 is 2.79 bits per heavy atom. The highest BCUT2D eigenvalue weighted by molar-refractivity contribution is 7.16. The van der Waals surface area contributed by atoms with Crippen LogP contribution in [0, 0.1) is 18.8 Å². The molecule has 1 aliphatic carbocycles. The van der Waals surface area contributed by atoms with Crippen molar-refractivity contribution in [3.63, 3.8) is 0 Å². The van der Waals surface area contributed by atoms with Gasteiger partial charge < -0.3 is 21.1 Å². The zero-order valence-corrected chi connectivity index (χ0v) is 18.4. The van der Waals surface area contributed by atoms with Crippen molar-refractivity contribution in [2.24, 2.45) is 17.6 Å². The van der Waals surface area contributed by atoms with Gasteiger partial charge in [0.25, 0.3) is 0 Å². The van der Waals surface area contributed by atoms with Crippen LogP contribution in [-0.2, 0) is 11.2 Å². The van der Waals surface area contributed by atoms with Crippen LogP contribution in [0.4, 0.5) is 0 Å². The Hall–Kier alpha value is -1.18. The maximum atomic E-state index is 10.7. The van der Waals surface area contributed by atoms with Gasteiger partial charge in [-0.2, -0.15) is 0 Å². The Balaban J connectivity index is 1.84. The molecular weight excluding hydrogens is 410 g/mol. The monoisotopic (exact) mass is 441 g/mol. The van der Waals surface area contributed by atoms with E-state index in [1.54, 1.807) is 17.4 Å². The second kappa shape index (κ2) is 11.9. The fourth-order valence-corrected chi connectivity index (χ4v) is 5.13. The van der Waals surface area contributed by atoms with Crippen molar-refractivity contribution < 1.29 is 20.1 Å². The molecule has 0 spiro atoms. The molecule has 1 aromatic rings. The second-order valence-electron chi connectivity index (χ2n) is 7.82. The van der Waals surface area contributed by atoms with Gasteiger partial charge in [0.2, 0.25) is 5.91 Å². The first-order valence-electron chi connectivity index (χ1n) is 10.2. The van der Waals surface area contributed by atoms with Crippen LogP contribution in [0.15, 0.2) is 30.4 Å². The lowest BCUT2D eigenvalue weighted by atomic mass is 9.89. The fourth-order valence-electron chi connectivity index (χ4n) is 3.84. The third kappa shape index (κ3) is 7.87. The molecule has 0 bridgehead atoms. The predicted octanol–water partition coefficient (Wildman–Crippen LogP) is 3.52. The number of hydrogen-bond donors (Lipinski definition) is 4. The van der Waals surface area contributed by atoms with E-state index < -0.39 is 18.3 Å². The summed E-state index contributed by atoms with van der Waals surface area (Å²) < 4.78 is 0.774. The summed E-state index contributed by atoms with van der Waals surface area (Å²) >= 11 is 7.73. The second-order valence-corrected chi connectivity index (χ2v) is 9.68. The van der Waals surface area contributed by atoms with Crippen LogP contribution in [0.25, 0.3) is 0 Å². The molecule has 0 radical (unpaired) electrons. The molecule has 2 rings (SSSR count). The minimum absolute atomic E-state index is 0.0881. The first kappa shape index (κ1) is 24.1. The van der Waals surface area contributed by atoms with Gasteiger partial charge in [0.05, 0.1) is 22.6 Å². The summed E-state index contributed by atoms with van der Waals surface area (Å²) in [6.07, 6.45) is 9.82. The summed E-state index contributed by atoms with van der Waals surface area (Å²) in [6.45, 7) is 2.01. The molecular formula is C22H32ClNO4S. The molecule has 5 N–H and O–H groups in total. The molecule has 5 nitrogen and oxygen atoms in total. The van der Waals surface area contributed by atoms with Crippen molar-refractivity contribution in [1.82, 2.24) is 0 Å². The highest BCUT2D eigenvalue weighted by Gasteiger charge is 2.39. The van der Waals surface area contributed by atoms with Gasteiger partial charge in [-0.15, -0.1) is 11.3 Å². The van der Waals surface area contributed by atoms with E-state index in [0.717, 1.165) is 21.2 Å². The van der Waals surface area contributed by atoms with E-state index in [1.165, 1.54) is 0 Å². The number of allylic oxidation sites excluding steroid dienone is 2. The summed E-state index contributed by atoms with van der Waals surface area (Å²) in [5.74, 6) is -0.579. The quantitative estimate of drug-likeness (QED) is 0.311. The largest absolute Gasteiger partial charge is 0.393 e. The van der Waals surface area contributed by atoms with Crippen molar-refractivity contribution in [2.45, 2.75) is 70.2 Å². The van der Waals surface area contributed by atoms with Crippen molar-refractivity contribution in [3.8, 4) is 0 Å². The van der Waals surface area contributed by atoms with Crippen LogP contribution in [0.5, 0.6) is 0 Å². The number of rotatable bonds is 11. The third-order valence-electron chi connectivity index (χ3n) is 5.43. The Morgan fingerprint density at radius 2 is 2.14 bits per heavy atom. The van der Waals surface area contributed by atoms with Crippen LogP contribution in [-0.4, -0.2) is 39.5 Å². The van der Waals surface area contributed by atoms with Gasteiger partial charge in [-0.3, -0.25) is 4.79 Å². The zero-order chi connectivity index (χ0) is 21.4. The summed E-state index contributed by atoms with van der Waals surface area (Å²) in [4.78, 5) is 11.9. The van der Waals surface area contributed by atoms with Crippen molar-refractivity contribution in [2.75, 3.05) is 0 Å². The van der Waals surface area contributed by atoms with Gasteiger partial charge in [-0.1, -0.05) is 35.9 Å². The molecule has 5 unspecified atom stereocenters. The maximum Gasteiger partial charge on any atom is 0.217 e. The van der Waals surface area contributed by atoms with Gasteiger partial charge in [0.15, 0.2) is 0 Å². The van der Waals surface area contributed by atoms with E-state index in [4.69, 9.17) is 17.3 Å². The maximum absolute atomic E-state index is 10.7. The minimum Gasteiger partial charge on any atom is -0.393 e. The van der Waals surface area contributed by atoms with Crippen LogP contribution in [0.3, 0.4) is 0 Å². The number of nitrogens with two attached hydrogens (primary N) is 1. The van der Waals surface area contributed by atoms with E-state index in [-0.39, 0.29) is 17.7 Å². The lowest BCUT2D eigenvalue weighted by Gasteiger charge is -2.19. The SMILES string of the molecule is Cc1cc(CCC(O)/C=C/C2C(O)CC(O)C2C/C=C\CCCC(N)=O)c(Cl)s1. The molecule has 1 amide bonds. The van der Waals surface area contributed by atoms with E-state index in [2.05, 4.69) is 0 Å². The van der Waals surface area contributed by atoms with E-state index in [9.17, 15) is 20.1 Å². The van der Waals surface area contributed by atoms with Crippen molar-refractivity contribution in [1.29, 1.82) is 0 Å². The molecule has 7 heteroatoms. The van der Waals surface area contributed by atoms with Gasteiger partial charge in [-0.05, 0) is 56.6 Å². The zero-order valence-electron chi connectivity index (χ0n) is 16.8. The standard InChI is InChI=1S/C22H32ClNO4S/c1-14-12-15(22(23)29-14)8-9-16(25)10-11-18-17(19(26)13-20(18)27)6-4-2-3-5-7-21(24)28/h2,4,10-12,16-20,25-27H,3,5-9,13H2,1H3,(H2,24,28)/b4-2-,11-10+. The molecule has 29 heavy (non-hydrogen) atoms. The summed E-state index contributed by atoms with van der Waals surface area (Å²) in [6, 6.07) is 2.05. The number of primary amides is 1. The molecule has 0 aromatic carbocycles.